The van der Waals surface area contributed by atoms with Gasteiger partial charge in [0, 0.05) is 22.7 Å². The number of anilines is 2. The molecule has 1 N–H and O–H groups in total. The Morgan fingerprint density at radius 3 is 2.14 bits per heavy atom. The lowest BCUT2D eigenvalue weighted by Crippen LogP contribution is -2.38. The van der Waals surface area contributed by atoms with E-state index in [2.05, 4.69) is 154 Å². The first-order chi connectivity index (χ1) is 27.2. The quantitative estimate of drug-likeness (QED) is 0.155. The molecule has 6 aromatic rings. The van der Waals surface area contributed by atoms with Crippen molar-refractivity contribution in [1.29, 1.82) is 5.41 Å². The highest BCUT2D eigenvalue weighted by Gasteiger charge is 2.50. The van der Waals surface area contributed by atoms with Crippen LogP contribution in [0.1, 0.15) is 80.3 Å². The lowest BCUT2D eigenvalue weighted by atomic mass is 9.73. The minimum Gasteiger partial charge on any atom is -0.333 e. The minimum absolute atomic E-state index is 0.00817. The average Bonchev–Trinajstić information content (AvgIpc) is 3.70. The van der Waals surface area contributed by atoms with Crippen LogP contribution in [0.4, 0.5) is 11.4 Å². The highest BCUT2D eigenvalue weighted by molar-refractivity contribution is 6.10. The van der Waals surface area contributed by atoms with Crippen LogP contribution >= 0.6 is 0 Å². The topological polar surface area (TPSA) is 27.1 Å². The van der Waals surface area contributed by atoms with Gasteiger partial charge in [0.25, 0.3) is 0 Å². The fraction of sp³-hybridized carbons (Fsp3) is 0.204. The molecule has 0 bridgehead atoms. The zero-order valence-electron chi connectivity index (χ0n) is 33.3. The van der Waals surface area contributed by atoms with Gasteiger partial charge in [0.15, 0.2) is 0 Å². The van der Waals surface area contributed by atoms with Crippen LogP contribution in [0.5, 0.6) is 0 Å². The molecule has 3 aliphatic rings. The predicted molar refractivity (Wildman–Crippen MR) is 239 cm³/mol. The van der Waals surface area contributed by atoms with Crippen LogP contribution in [-0.2, 0) is 11.8 Å². The molecule has 0 spiro atoms. The molecule has 1 aliphatic heterocycles. The maximum atomic E-state index is 8.31. The van der Waals surface area contributed by atoms with E-state index in [1.807, 2.05) is 61.5 Å². The first-order valence-corrected chi connectivity index (χ1v) is 20.2. The lowest BCUT2D eigenvalue weighted by Gasteiger charge is -2.39. The smallest absolute Gasteiger partial charge is 0.0673 e. The van der Waals surface area contributed by atoms with Crippen LogP contribution in [0, 0.1) is 11.3 Å². The van der Waals surface area contributed by atoms with E-state index in [9.17, 15) is 0 Å². The zero-order chi connectivity index (χ0) is 38.8. The van der Waals surface area contributed by atoms with Gasteiger partial charge < -0.3 is 10.3 Å². The molecule has 0 radical (unpaired) electrons. The Morgan fingerprint density at radius 1 is 0.732 bits per heavy atom. The van der Waals surface area contributed by atoms with Crippen molar-refractivity contribution in [2.45, 2.75) is 64.8 Å². The molecule has 56 heavy (non-hydrogen) atoms. The second kappa shape index (κ2) is 15.6. The number of fused-ring (bicyclic) bond motifs is 6. The van der Waals surface area contributed by atoms with Gasteiger partial charge >= 0.3 is 0 Å². The van der Waals surface area contributed by atoms with E-state index in [0.29, 0.717) is 23.6 Å². The Hall–Kier alpha value is -5.99. The molecule has 278 valence electrons. The van der Waals surface area contributed by atoms with Gasteiger partial charge in [-0.3, -0.25) is 0 Å². The molecule has 0 saturated carbocycles. The fourth-order valence-electron chi connectivity index (χ4n) is 9.02. The molecule has 0 saturated heterocycles. The molecule has 6 aromatic carbocycles. The minimum atomic E-state index is 0.00817. The molecule has 2 nitrogen and oxygen atoms in total. The molecule has 2 unspecified atom stereocenters. The third-order valence-corrected chi connectivity index (χ3v) is 12.2. The third-order valence-electron chi connectivity index (χ3n) is 12.2. The van der Waals surface area contributed by atoms with Gasteiger partial charge in [0.05, 0.1) is 11.8 Å². The van der Waals surface area contributed by atoms with Gasteiger partial charge in [-0.2, -0.15) is 0 Å². The summed E-state index contributed by atoms with van der Waals surface area (Å²) in [5.74, 6) is 1.08. The van der Waals surface area contributed by atoms with Crippen molar-refractivity contribution in [1.82, 2.24) is 0 Å². The molecule has 9 rings (SSSR count). The summed E-state index contributed by atoms with van der Waals surface area (Å²) in [4.78, 5) is 2.65. The van der Waals surface area contributed by atoms with Gasteiger partial charge in [-0.25, -0.2) is 0 Å². The van der Waals surface area contributed by atoms with Crippen molar-refractivity contribution < 1.29 is 0 Å². The standard InChI is InChI=1S/C32H33N.C22H19N/c1-5-21(2)19-22-11-10-12-23(20-22)33-29-16-9-7-14-25(29)27-18-17-26-24-13-6-8-15-28(24)32(3,4)30(26)31(27)33;1-17(18-8-4-2-5-9-18)16-22(23)21-14-12-20(13-15-21)19-10-6-3-7-11-19/h6-18,20-21,27,31H,5,19H2,1-4H3;2-16,23H,1H3/b;17-16+,23-22?/t21-,27?,31?;/m1./s1. The van der Waals surface area contributed by atoms with Crippen molar-refractivity contribution in [3.05, 3.63) is 215 Å². The summed E-state index contributed by atoms with van der Waals surface area (Å²) < 4.78 is 0. The monoisotopic (exact) mass is 728 g/mol. The van der Waals surface area contributed by atoms with Crippen molar-refractivity contribution in [2.75, 3.05) is 4.90 Å². The van der Waals surface area contributed by atoms with Crippen LogP contribution in [0.25, 0.3) is 22.3 Å². The predicted octanol–water partition coefficient (Wildman–Crippen LogP) is 14.0. The largest absolute Gasteiger partial charge is 0.333 e. The van der Waals surface area contributed by atoms with Gasteiger partial charge in [-0.05, 0) is 105 Å². The van der Waals surface area contributed by atoms with E-state index < -0.39 is 0 Å². The molecule has 0 aromatic heterocycles. The highest BCUT2D eigenvalue weighted by atomic mass is 15.2. The van der Waals surface area contributed by atoms with E-state index in [0.717, 1.165) is 23.1 Å². The number of hydrogen-bond acceptors (Lipinski definition) is 2. The molecule has 2 heteroatoms. The highest BCUT2D eigenvalue weighted by Crippen LogP contribution is 2.59. The Kier molecular flexibility index (Phi) is 10.3. The van der Waals surface area contributed by atoms with Gasteiger partial charge in [0.2, 0.25) is 0 Å². The van der Waals surface area contributed by atoms with Crippen LogP contribution in [0.15, 0.2) is 182 Å². The number of allylic oxidation sites excluding steroid dienone is 4. The fourth-order valence-corrected chi connectivity index (χ4v) is 9.02. The zero-order valence-corrected chi connectivity index (χ0v) is 33.3. The molecular weight excluding hydrogens is 677 g/mol. The van der Waals surface area contributed by atoms with E-state index in [-0.39, 0.29) is 5.41 Å². The second-order valence-corrected chi connectivity index (χ2v) is 16.2. The van der Waals surface area contributed by atoms with Crippen molar-refractivity contribution in [2.24, 2.45) is 5.92 Å². The SMILES string of the molecule is C/C(=C\C(=N)c1ccc(-c2ccccc2)cc1)c1ccccc1.CC[C@@H](C)Cc1cccc(N2c3ccccc3C3C=CC4=C(C32)C(C)(C)c2ccccc24)c1. The lowest BCUT2D eigenvalue weighted by molar-refractivity contribution is 0.551. The number of hydrogen-bond donors (Lipinski definition) is 1. The Balaban J connectivity index is 0.000000169. The molecule has 0 amide bonds. The Bertz CT molecular complexity index is 2450. The summed E-state index contributed by atoms with van der Waals surface area (Å²) in [6.45, 7) is 11.5. The van der Waals surface area contributed by atoms with Crippen LogP contribution in [-0.4, -0.2) is 11.8 Å². The molecule has 0 fully saturated rings. The number of rotatable bonds is 8. The average molecular weight is 729 g/mol. The van der Waals surface area contributed by atoms with Crippen LogP contribution in [0.2, 0.25) is 0 Å². The van der Waals surface area contributed by atoms with Gasteiger partial charge in [-0.15, -0.1) is 0 Å². The van der Waals surface area contributed by atoms with Gasteiger partial charge in [0.1, 0.15) is 0 Å². The second-order valence-electron chi connectivity index (χ2n) is 16.2. The number of nitrogens with zero attached hydrogens (tertiary/aromatic N) is 1. The van der Waals surface area contributed by atoms with Crippen molar-refractivity contribution in [3.8, 4) is 11.1 Å². The first kappa shape index (κ1) is 37.0. The maximum absolute atomic E-state index is 8.31. The van der Waals surface area contributed by atoms with E-state index in [1.165, 1.54) is 56.7 Å². The molecular formula is C54H52N2. The molecule has 2 aliphatic carbocycles. The summed E-state index contributed by atoms with van der Waals surface area (Å²) in [5.41, 5.74) is 17.5. The van der Waals surface area contributed by atoms with Crippen molar-refractivity contribution in [3.63, 3.8) is 0 Å². The first-order valence-electron chi connectivity index (χ1n) is 20.2. The summed E-state index contributed by atoms with van der Waals surface area (Å²) in [6, 6.07) is 56.3. The van der Waals surface area contributed by atoms with E-state index in [1.54, 1.807) is 5.57 Å². The Morgan fingerprint density at radius 2 is 1.39 bits per heavy atom. The van der Waals surface area contributed by atoms with Crippen molar-refractivity contribution >= 4 is 28.2 Å². The molecule has 1 heterocycles. The van der Waals surface area contributed by atoms with Gasteiger partial charge in [-0.1, -0.05) is 186 Å². The Labute approximate surface area is 334 Å². The summed E-state index contributed by atoms with van der Waals surface area (Å²) >= 11 is 0. The molecule has 3 atom stereocenters. The summed E-state index contributed by atoms with van der Waals surface area (Å²) in [5, 5.41) is 8.31. The number of nitrogens with one attached hydrogen (secondary N) is 1. The van der Waals surface area contributed by atoms with E-state index >= 15 is 0 Å². The summed E-state index contributed by atoms with van der Waals surface area (Å²) in [7, 11) is 0. The number of para-hydroxylation sites is 1. The third kappa shape index (κ3) is 7.01. The summed E-state index contributed by atoms with van der Waals surface area (Å²) in [6.07, 6.45) is 9.15. The maximum Gasteiger partial charge on any atom is 0.0673 e. The van der Waals surface area contributed by atoms with E-state index in [4.69, 9.17) is 5.41 Å². The van der Waals surface area contributed by atoms with Crippen LogP contribution in [0.3, 0.4) is 0 Å². The normalized spacial score (nSPS) is 17.9. The number of benzene rings is 6. The van der Waals surface area contributed by atoms with Crippen LogP contribution < -0.4 is 4.90 Å².